The predicted molar refractivity (Wildman–Crippen MR) is 376 cm³/mol. The van der Waals surface area contributed by atoms with E-state index in [2.05, 4.69) is 100 Å². The van der Waals surface area contributed by atoms with Crippen LogP contribution >= 0.6 is 0 Å². The van der Waals surface area contributed by atoms with E-state index in [9.17, 15) is 43.5 Å². The molecular weight excluding hydrogens is 1330 g/mol. The maximum Gasteiger partial charge on any atom is 0.369 e. The fourth-order valence-electron chi connectivity index (χ4n) is 13.1. The van der Waals surface area contributed by atoms with Crippen molar-refractivity contribution in [1.82, 2.24) is 0 Å². The molecular formula is C78H100F4O12S4. The van der Waals surface area contributed by atoms with Crippen molar-refractivity contribution in [2.75, 3.05) is 26.4 Å². The lowest BCUT2D eigenvalue weighted by Gasteiger charge is -2.41. The Hall–Kier alpha value is -5.00. The summed E-state index contributed by atoms with van der Waals surface area (Å²) in [7, 11) is -12.9. The second-order valence-electron chi connectivity index (χ2n) is 28.9. The molecule has 0 bridgehead atoms. The summed E-state index contributed by atoms with van der Waals surface area (Å²) in [5.41, 5.74) is 4.47. The Morgan fingerprint density at radius 1 is 0.378 bits per heavy atom. The Balaban J connectivity index is 0.000000229. The minimum Gasteiger partial charge on any atom is -0.743 e. The molecule has 12 nitrogen and oxygen atoms in total. The van der Waals surface area contributed by atoms with Gasteiger partial charge in [-0.05, 0) is 198 Å². The van der Waals surface area contributed by atoms with Gasteiger partial charge in [-0.25, -0.2) is 16.8 Å². The van der Waals surface area contributed by atoms with Crippen molar-refractivity contribution >= 4 is 42.0 Å². The molecule has 4 aliphatic rings. The van der Waals surface area contributed by atoms with Crippen LogP contribution in [0.2, 0.25) is 0 Å². The highest BCUT2D eigenvalue weighted by Gasteiger charge is 2.48. The summed E-state index contributed by atoms with van der Waals surface area (Å²) < 4.78 is 158. The van der Waals surface area contributed by atoms with E-state index in [1.54, 1.807) is 36.4 Å². The molecule has 2 saturated heterocycles. The minimum absolute atomic E-state index is 0.0438. The quantitative estimate of drug-likeness (QED) is 0.0454. The van der Waals surface area contributed by atoms with E-state index in [0.29, 0.717) is 38.3 Å². The van der Waals surface area contributed by atoms with Gasteiger partial charge in [-0.3, -0.25) is 0 Å². The van der Waals surface area contributed by atoms with Gasteiger partial charge in [-0.1, -0.05) is 155 Å². The van der Waals surface area contributed by atoms with Crippen LogP contribution in [0.4, 0.5) is 17.6 Å². The standard InChI is InChI=1S/C40H52F2O6S2.C38H48F2O6S2/c1-30(40(41,42)50(43,44)45)48-34-20-26-37(27-21-34)49(36-24-18-33(19-25-36)39(4)46-28-38(2,3)29-47-39)35-22-16-32(17-23-35)31-14-12-10-8-6-5-7-9-11-13-15-31;1-28(38(39,40)48(41,42)43)46-32-18-24-35(25-19-32)47(34-22-16-31(17-23-34)37(4)44-26-36(2,3)27-45-37)33-20-14-30(15-21-33)29-12-10-8-6-5-7-9-11-13-29/h16-27,30-31H,5-15,28-29H2,1-4H3;14-25,28-29H,5-13,26-27H2,1-4H3. The van der Waals surface area contributed by atoms with Gasteiger partial charge in [-0.15, -0.1) is 0 Å². The Kier molecular flexibility index (Phi) is 26.3. The van der Waals surface area contributed by atoms with Crippen LogP contribution in [0.25, 0.3) is 0 Å². The van der Waals surface area contributed by atoms with E-state index in [4.69, 9.17) is 28.4 Å². The summed E-state index contributed by atoms with van der Waals surface area (Å²) in [6, 6.07) is 47.8. The average Bonchev–Trinajstić information content (AvgIpc) is 0.800. The molecule has 2 heterocycles. The molecule has 0 radical (unpaired) electrons. The largest absolute Gasteiger partial charge is 0.743 e. The smallest absolute Gasteiger partial charge is 0.369 e. The van der Waals surface area contributed by atoms with E-state index >= 15 is 0 Å². The fraction of sp³-hybridized carbons (Fsp3) is 0.538. The van der Waals surface area contributed by atoms with Crippen LogP contribution in [0.1, 0.15) is 218 Å². The van der Waals surface area contributed by atoms with Crippen molar-refractivity contribution in [1.29, 1.82) is 0 Å². The molecule has 6 aromatic carbocycles. The average molecular weight is 1430 g/mol. The fourth-order valence-corrected chi connectivity index (χ4v) is 18.1. The summed E-state index contributed by atoms with van der Waals surface area (Å²) in [5, 5.41) is -9.13. The zero-order chi connectivity index (χ0) is 70.6. The van der Waals surface area contributed by atoms with Gasteiger partial charge >= 0.3 is 10.5 Å². The third-order valence-corrected chi connectivity index (χ3v) is 25.9. The van der Waals surface area contributed by atoms with Crippen LogP contribution in [-0.4, -0.2) is 75.1 Å². The van der Waals surface area contributed by atoms with Crippen molar-refractivity contribution in [2.24, 2.45) is 10.8 Å². The molecule has 4 unspecified atom stereocenters. The first-order valence-corrected chi connectivity index (χ1v) is 40.3. The topological polar surface area (TPSA) is 170 Å². The first-order valence-electron chi connectivity index (χ1n) is 35.0. The first-order chi connectivity index (χ1) is 46.4. The van der Waals surface area contributed by atoms with Crippen molar-refractivity contribution in [3.63, 3.8) is 0 Å². The number of ether oxygens (including phenoxy) is 6. The molecule has 0 spiro atoms. The molecule has 2 aliphatic heterocycles. The molecule has 2 aliphatic carbocycles. The van der Waals surface area contributed by atoms with Gasteiger partial charge in [0.1, 0.15) is 11.5 Å². The van der Waals surface area contributed by atoms with E-state index in [-0.39, 0.29) is 22.3 Å². The normalized spacial score (nSPS) is 20.9. The number of halogens is 4. The lowest BCUT2D eigenvalue weighted by atomic mass is 9.87. The van der Waals surface area contributed by atoms with E-state index in [0.717, 1.165) is 54.3 Å². The van der Waals surface area contributed by atoms with Gasteiger partial charge in [0.25, 0.3) is 0 Å². The molecule has 4 atom stereocenters. The molecule has 0 aromatic heterocycles. The summed E-state index contributed by atoms with van der Waals surface area (Å²) in [6.07, 6.45) is 21.4. The summed E-state index contributed by atoms with van der Waals surface area (Å²) in [6.45, 7) is 16.4. The highest BCUT2D eigenvalue weighted by atomic mass is 32.2. The van der Waals surface area contributed by atoms with Gasteiger partial charge < -0.3 is 37.5 Å². The number of hydrogen-bond acceptors (Lipinski definition) is 12. The molecule has 6 aromatic rings. The van der Waals surface area contributed by atoms with Gasteiger partial charge in [0, 0.05) is 22.0 Å². The number of alkyl halides is 4. The molecule has 0 amide bonds. The van der Waals surface area contributed by atoms with Gasteiger partial charge in [0.05, 0.1) is 48.2 Å². The van der Waals surface area contributed by atoms with Crippen LogP contribution in [0.3, 0.4) is 0 Å². The second-order valence-corrected chi connectivity index (χ2v) is 35.8. The second kappa shape index (κ2) is 33.4. The molecule has 2 saturated carbocycles. The molecule has 10 rings (SSSR count). The Morgan fingerprint density at radius 3 is 0.827 bits per heavy atom. The Bertz CT molecular complexity index is 3660. The maximum atomic E-state index is 14.1. The summed E-state index contributed by atoms with van der Waals surface area (Å²) in [4.78, 5) is 6.18. The molecule has 536 valence electrons. The minimum atomic E-state index is -5.88. The van der Waals surface area contributed by atoms with Gasteiger partial charge in [0.2, 0.25) is 0 Å². The monoisotopic (exact) mass is 1430 g/mol. The zero-order valence-electron chi connectivity index (χ0n) is 58.2. The third-order valence-electron chi connectivity index (χ3n) is 19.4. The zero-order valence-corrected chi connectivity index (χ0v) is 61.4. The van der Waals surface area contributed by atoms with Crippen molar-refractivity contribution in [3.8, 4) is 11.5 Å². The maximum absolute atomic E-state index is 14.1. The van der Waals surface area contributed by atoms with Gasteiger partial charge in [0.15, 0.2) is 73.4 Å². The van der Waals surface area contributed by atoms with Crippen LogP contribution < -0.4 is 9.47 Å². The SMILES string of the molecule is CC(Oc1ccc([S+](c2ccc(C3CCCCCCCCC3)cc2)c2ccc(C3(C)OCC(C)(C)CO3)cc2)cc1)C(F)(F)S(=O)(=O)[O-].CC(Oc1ccc([S+](c2ccc(C3CCCCCCCCCCC3)cc2)c2ccc(C3(C)OCC(C)(C)CO3)cc2)cc1)C(F)(F)S(=O)(=O)[O-]. The lowest BCUT2D eigenvalue weighted by molar-refractivity contribution is -0.298. The predicted octanol–water partition coefficient (Wildman–Crippen LogP) is 19.9. The van der Waals surface area contributed by atoms with Crippen LogP contribution in [0, 0.1) is 10.8 Å². The number of benzene rings is 6. The van der Waals surface area contributed by atoms with Crippen molar-refractivity contribution in [3.05, 3.63) is 168 Å². The molecule has 4 fully saturated rings. The first kappa shape index (κ1) is 77.2. The van der Waals surface area contributed by atoms with Crippen LogP contribution in [0.5, 0.6) is 11.5 Å². The highest BCUT2D eigenvalue weighted by Crippen LogP contribution is 2.43. The van der Waals surface area contributed by atoms with Crippen molar-refractivity contribution < 1.29 is 71.9 Å². The summed E-state index contributed by atoms with van der Waals surface area (Å²) in [5.74, 6) is -0.517. The third kappa shape index (κ3) is 20.2. The van der Waals surface area contributed by atoms with E-state index < -0.39 is 76.3 Å². The summed E-state index contributed by atoms with van der Waals surface area (Å²) >= 11 is 0. The molecule has 20 heteroatoms. The van der Waals surface area contributed by atoms with Crippen molar-refractivity contribution in [2.45, 2.75) is 259 Å². The Morgan fingerprint density at radius 2 is 0.592 bits per heavy atom. The van der Waals surface area contributed by atoms with E-state index in [1.807, 2.05) is 38.1 Å². The Labute approximate surface area is 586 Å². The molecule has 0 N–H and O–H groups in total. The lowest BCUT2D eigenvalue weighted by Crippen LogP contribution is -2.43. The van der Waals surface area contributed by atoms with Crippen LogP contribution in [0.15, 0.2) is 175 Å². The van der Waals surface area contributed by atoms with Crippen LogP contribution in [-0.2, 0) is 72.5 Å². The highest BCUT2D eigenvalue weighted by molar-refractivity contribution is 7.97. The molecule has 98 heavy (non-hydrogen) atoms. The van der Waals surface area contributed by atoms with E-state index in [1.165, 1.54) is 152 Å². The van der Waals surface area contributed by atoms with Gasteiger partial charge in [-0.2, -0.15) is 17.6 Å². The number of hydrogen-bond donors (Lipinski definition) is 0. The number of rotatable bonds is 18.